The minimum Gasteiger partial charge on any atom is -0.492 e. The van der Waals surface area contributed by atoms with E-state index < -0.39 is 0 Å². The minimum absolute atomic E-state index is 0.222. The van der Waals surface area contributed by atoms with Crippen LogP contribution >= 0.6 is 27.7 Å². The maximum atomic E-state index is 12.9. The fourth-order valence-corrected chi connectivity index (χ4v) is 2.08. The summed E-state index contributed by atoms with van der Waals surface area (Å²) in [6.45, 7) is 2.79. The lowest BCUT2D eigenvalue weighted by atomic mass is 10.2. The van der Waals surface area contributed by atoms with Crippen LogP contribution in [0.2, 0.25) is 0 Å². The first-order valence-electron chi connectivity index (χ1n) is 4.83. The van der Waals surface area contributed by atoms with E-state index in [1.807, 2.05) is 11.8 Å². The molecule has 0 N–H and O–H groups in total. The number of alkyl halides is 1. The van der Waals surface area contributed by atoms with Gasteiger partial charge in [-0.1, -0.05) is 22.9 Å². The molecule has 0 amide bonds. The summed E-state index contributed by atoms with van der Waals surface area (Å²) in [5.41, 5.74) is 0.858. The van der Waals surface area contributed by atoms with Gasteiger partial charge in [-0.15, -0.1) is 0 Å². The Balaban J connectivity index is 2.52. The Morgan fingerprint density at radius 3 is 2.93 bits per heavy atom. The Morgan fingerprint density at radius 2 is 2.27 bits per heavy atom. The first-order valence-corrected chi connectivity index (χ1v) is 7.10. The molecule has 0 aliphatic carbocycles. The molecule has 0 radical (unpaired) electrons. The first-order chi connectivity index (χ1) is 7.27. The van der Waals surface area contributed by atoms with Gasteiger partial charge in [-0.25, -0.2) is 4.39 Å². The van der Waals surface area contributed by atoms with Crippen LogP contribution in [-0.2, 0) is 5.33 Å². The number of ether oxygens (including phenoxy) is 1. The molecule has 15 heavy (non-hydrogen) atoms. The molecule has 0 fully saturated rings. The molecule has 0 heterocycles. The van der Waals surface area contributed by atoms with Crippen LogP contribution < -0.4 is 4.74 Å². The average Bonchev–Trinajstić information content (AvgIpc) is 2.26. The Kier molecular flexibility index (Phi) is 6.10. The molecule has 0 aromatic heterocycles. The highest BCUT2D eigenvalue weighted by molar-refractivity contribution is 9.08. The van der Waals surface area contributed by atoms with Crippen LogP contribution in [-0.4, -0.2) is 18.1 Å². The van der Waals surface area contributed by atoms with Gasteiger partial charge in [0, 0.05) is 16.6 Å². The lowest BCUT2D eigenvalue weighted by Crippen LogP contribution is -2.02. The molecule has 0 bridgehead atoms. The summed E-state index contributed by atoms with van der Waals surface area (Å²) in [4.78, 5) is 0. The molecule has 0 spiro atoms. The van der Waals surface area contributed by atoms with Crippen LogP contribution in [0.5, 0.6) is 5.75 Å². The highest BCUT2D eigenvalue weighted by Gasteiger charge is 2.03. The number of hydrogen-bond acceptors (Lipinski definition) is 2. The van der Waals surface area contributed by atoms with Crippen molar-refractivity contribution in [2.45, 2.75) is 12.3 Å². The average molecular weight is 293 g/mol. The van der Waals surface area contributed by atoms with Crippen molar-refractivity contribution < 1.29 is 9.13 Å². The summed E-state index contributed by atoms with van der Waals surface area (Å²) >= 11 is 5.15. The Bertz CT molecular complexity index is 307. The second-order valence-corrected chi connectivity index (χ2v) is 4.89. The zero-order valence-electron chi connectivity index (χ0n) is 8.63. The fraction of sp³-hybridized carbons (Fsp3) is 0.455. The van der Waals surface area contributed by atoms with Crippen molar-refractivity contribution in [1.29, 1.82) is 0 Å². The molecule has 1 aromatic carbocycles. The largest absolute Gasteiger partial charge is 0.492 e. The third-order valence-electron chi connectivity index (χ3n) is 1.86. The highest BCUT2D eigenvalue weighted by atomic mass is 79.9. The maximum absolute atomic E-state index is 12.9. The number of rotatable bonds is 6. The highest BCUT2D eigenvalue weighted by Crippen LogP contribution is 2.22. The summed E-state index contributed by atoms with van der Waals surface area (Å²) in [6.07, 6.45) is 0. The molecule has 1 rings (SSSR count). The van der Waals surface area contributed by atoms with Gasteiger partial charge in [0.05, 0.1) is 6.61 Å². The van der Waals surface area contributed by atoms with E-state index in [1.54, 1.807) is 6.07 Å². The molecule has 1 nitrogen and oxygen atoms in total. The van der Waals surface area contributed by atoms with E-state index in [4.69, 9.17) is 4.74 Å². The van der Waals surface area contributed by atoms with Crippen molar-refractivity contribution >= 4 is 27.7 Å². The monoisotopic (exact) mass is 292 g/mol. The van der Waals surface area contributed by atoms with Gasteiger partial charge in [0.1, 0.15) is 11.6 Å². The van der Waals surface area contributed by atoms with E-state index >= 15 is 0 Å². The van der Waals surface area contributed by atoms with Gasteiger partial charge in [0.25, 0.3) is 0 Å². The molecule has 0 unspecified atom stereocenters. The fourth-order valence-electron chi connectivity index (χ4n) is 1.15. The topological polar surface area (TPSA) is 9.23 Å². The normalized spacial score (nSPS) is 10.3. The summed E-state index contributed by atoms with van der Waals surface area (Å²) < 4.78 is 18.5. The van der Waals surface area contributed by atoms with Crippen LogP contribution in [0, 0.1) is 5.82 Å². The first kappa shape index (κ1) is 12.8. The zero-order chi connectivity index (χ0) is 11.1. The summed E-state index contributed by atoms with van der Waals surface area (Å²) in [5.74, 6) is 2.61. The standard InChI is InChI=1S/C11H14BrFOS/c1-2-15-6-5-14-11-4-3-10(13)7-9(11)8-12/h3-4,7H,2,5-6,8H2,1H3. The van der Waals surface area contributed by atoms with E-state index in [0.29, 0.717) is 11.9 Å². The van der Waals surface area contributed by atoms with E-state index in [9.17, 15) is 4.39 Å². The molecule has 0 aliphatic heterocycles. The van der Waals surface area contributed by atoms with Gasteiger partial charge in [0.2, 0.25) is 0 Å². The van der Waals surface area contributed by atoms with E-state index in [0.717, 1.165) is 22.8 Å². The van der Waals surface area contributed by atoms with Crippen molar-refractivity contribution in [3.05, 3.63) is 29.6 Å². The number of benzene rings is 1. The van der Waals surface area contributed by atoms with Crippen molar-refractivity contribution in [3.8, 4) is 5.75 Å². The molecule has 0 atom stereocenters. The van der Waals surface area contributed by atoms with Crippen molar-refractivity contribution in [2.75, 3.05) is 18.1 Å². The third kappa shape index (κ3) is 4.43. The molecule has 0 saturated carbocycles. The molecule has 4 heteroatoms. The van der Waals surface area contributed by atoms with Crippen LogP contribution in [0.1, 0.15) is 12.5 Å². The van der Waals surface area contributed by atoms with Gasteiger partial charge in [-0.05, 0) is 24.0 Å². The summed E-state index contributed by atoms with van der Waals surface area (Å²) in [7, 11) is 0. The predicted octanol–water partition coefficient (Wildman–Crippen LogP) is 3.85. The predicted molar refractivity (Wildman–Crippen MR) is 67.5 cm³/mol. The Labute approximate surface area is 103 Å². The summed E-state index contributed by atoms with van der Waals surface area (Å²) in [5, 5.41) is 0.612. The van der Waals surface area contributed by atoms with Crippen molar-refractivity contribution in [2.24, 2.45) is 0 Å². The number of thioether (sulfide) groups is 1. The third-order valence-corrected chi connectivity index (χ3v) is 3.32. The lowest BCUT2D eigenvalue weighted by molar-refractivity contribution is 0.340. The second kappa shape index (κ2) is 7.12. The van der Waals surface area contributed by atoms with Gasteiger partial charge < -0.3 is 4.74 Å². The van der Waals surface area contributed by atoms with E-state index in [1.165, 1.54) is 12.1 Å². The maximum Gasteiger partial charge on any atom is 0.123 e. The molecular weight excluding hydrogens is 279 g/mol. The van der Waals surface area contributed by atoms with Crippen molar-refractivity contribution in [1.82, 2.24) is 0 Å². The van der Waals surface area contributed by atoms with Gasteiger partial charge in [0.15, 0.2) is 0 Å². The van der Waals surface area contributed by atoms with Crippen molar-refractivity contribution in [3.63, 3.8) is 0 Å². The van der Waals surface area contributed by atoms with Crippen LogP contribution in [0.15, 0.2) is 18.2 Å². The minimum atomic E-state index is -0.222. The molecule has 0 saturated heterocycles. The zero-order valence-corrected chi connectivity index (χ0v) is 11.0. The Hall–Kier alpha value is -0.220. The van der Waals surface area contributed by atoms with Crippen LogP contribution in [0.3, 0.4) is 0 Å². The number of hydrogen-bond donors (Lipinski definition) is 0. The molecule has 0 aliphatic rings. The second-order valence-electron chi connectivity index (χ2n) is 2.93. The molecular formula is C11H14BrFOS. The molecule has 84 valence electrons. The van der Waals surface area contributed by atoms with Gasteiger partial charge in [-0.2, -0.15) is 11.8 Å². The SMILES string of the molecule is CCSCCOc1ccc(F)cc1CBr. The van der Waals surface area contributed by atoms with E-state index in [2.05, 4.69) is 22.9 Å². The smallest absolute Gasteiger partial charge is 0.123 e. The summed E-state index contributed by atoms with van der Waals surface area (Å²) in [6, 6.07) is 4.61. The Morgan fingerprint density at radius 1 is 1.47 bits per heavy atom. The number of halogens is 2. The van der Waals surface area contributed by atoms with Gasteiger partial charge in [-0.3, -0.25) is 0 Å². The van der Waals surface area contributed by atoms with Crippen LogP contribution in [0.25, 0.3) is 0 Å². The lowest BCUT2D eigenvalue weighted by Gasteiger charge is -2.09. The van der Waals surface area contributed by atoms with Crippen LogP contribution in [0.4, 0.5) is 4.39 Å². The molecule has 1 aromatic rings. The quantitative estimate of drug-likeness (QED) is 0.582. The van der Waals surface area contributed by atoms with Gasteiger partial charge >= 0.3 is 0 Å². The van der Waals surface area contributed by atoms with E-state index in [-0.39, 0.29) is 5.82 Å².